The Balaban J connectivity index is 2.78. The molecule has 0 saturated carbocycles. The molecule has 0 aliphatic heterocycles. The molecule has 0 spiro atoms. The van der Waals surface area contributed by atoms with E-state index in [1.54, 1.807) is 38.1 Å². The Morgan fingerprint density at radius 2 is 1.65 bits per heavy atom. The summed E-state index contributed by atoms with van der Waals surface area (Å²) in [5.74, 6) is -1.11. The summed E-state index contributed by atoms with van der Waals surface area (Å²) >= 11 is 0. The Labute approximate surface area is 117 Å². The minimum absolute atomic E-state index is 0.186. The Morgan fingerprint density at radius 3 is 2.10 bits per heavy atom. The lowest BCUT2D eigenvalue weighted by Crippen LogP contribution is -2.50. The number of amides is 2. The van der Waals surface area contributed by atoms with Crippen molar-refractivity contribution in [2.75, 3.05) is 12.4 Å². The van der Waals surface area contributed by atoms with Gasteiger partial charge < -0.3 is 15.4 Å². The maximum absolute atomic E-state index is 12.0. The molecule has 0 saturated heterocycles. The Hall–Kier alpha value is -2.37. The topological polar surface area (TPSA) is 84.5 Å². The van der Waals surface area contributed by atoms with Crippen LogP contribution in [0.1, 0.15) is 31.1 Å². The Kier molecular flexibility index (Phi) is 4.85. The molecule has 0 aliphatic rings. The first-order valence-electron chi connectivity index (χ1n) is 6.05. The fourth-order valence-corrected chi connectivity index (χ4v) is 1.57. The van der Waals surface area contributed by atoms with E-state index in [0.29, 0.717) is 11.3 Å². The second kappa shape index (κ2) is 6.18. The number of anilines is 1. The zero-order valence-electron chi connectivity index (χ0n) is 11.9. The maximum atomic E-state index is 12.0. The molecule has 2 N–H and O–H groups in total. The lowest BCUT2D eigenvalue weighted by molar-refractivity contribution is -0.146. The van der Waals surface area contributed by atoms with Crippen LogP contribution in [0.4, 0.5) is 5.69 Å². The van der Waals surface area contributed by atoms with Crippen LogP contribution in [-0.4, -0.2) is 30.4 Å². The molecule has 20 heavy (non-hydrogen) atoms. The van der Waals surface area contributed by atoms with Crippen molar-refractivity contribution >= 4 is 23.5 Å². The van der Waals surface area contributed by atoms with Crippen LogP contribution < -0.4 is 10.6 Å². The van der Waals surface area contributed by atoms with Crippen LogP contribution >= 0.6 is 0 Å². The van der Waals surface area contributed by atoms with Gasteiger partial charge in [0.25, 0.3) is 5.91 Å². The third-order valence-electron chi connectivity index (χ3n) is 2.59. The van der Waals surface area contributed by atoms with Crippen LogP contribution in [0, 0.1) is 0 Å². The number of rotatable bonds is 4. The zero-order chi connectivity index (χ0) is 15.3. The first-order valence-corrected chi connectivity index (χ1v) is 6.05. The summed E-state index contributed by atoms with van der Waals surface area (Å²) in [7, 11) is 1.26. The molecule has 108 valence electrons. The van der Waals surface area contributed by atoms with Crippen molar-refractivity contribution in [3.8, 4) is 0 Å². The summed E-state index contributed by atoms with van der Waals surface area (Å²) in [5.41, 5.74) is -0.125. The summed E-state index contributed by atoms with van der Waals surface area (Å²) in [6.45, 7) is 4.52. The largest absolute Gasteiger partial charge is 0.467 e. The van der Waals surface area contributed by atoms with Crippen LogP contribution in [0.2, 0.25) is 0 Å². The van der Waals surface area contributed by atoms with Gasteiger partial charge in [0, 0.05) is 18.2 Å². The SMILES string of the molecule is COC(=O)C(C)(C)NC(=O)c1ccc(NC(C)=O)cc1. The third kappa shape index (κ3) is 4.08. The van der Waals surface area contributed by atoms with E-state index in [2.05, 4.69) is 15.4 Å². The maximum Gasteiger partial charge on any atom is 0.330 e. The van der Waals surface area contributed by atoms with Crippen molar-refractivity contribution in [2.24, 2.45) is 0 Å². The first-order chi connectivity index (χ1) is 9.26. The number of esters is 1. The minimum atomic E-state index is -1.11. The average Bonchev–Trinajstić information content (AvgIpc) is 2.37. The molecule has 0 heterocycles. The minimum Gasteiger partial charge on any atom is -0.467 e. The molecule has 0 unspecified atom stereocenters. The van der Waals surface area contributed by atoms with E-state index in [1.165, 1.54) is 14.0 Å². The molecule has 0 radical (unpaired) electrons. The van der Waals surface area contributed by atoms with Gasteiger partial charge in [0.2, 0.25) is 5.91 Å². The van der Waals surface area contributed by atoms with Crippen molar-refractivity contribution in [3.05, 3.63) is 29.8 Å². The number of benzene rings is 1. The summed E-state index contributed by atoms with van der Waals surface area (Å²) in [4.78, 5) is 34.4. The van der Waals surface area contributed by atoms with Crippen molar-refractivity contribution < 1.29 is 19.1 Å². The lowest BCUT2D eigenvalue weighted by Gasteiger charge is -2.23. The van der Waals surface area contributed by atoms with Gasteiger partial charge in [0.15, 0.2) is 0 Å². The van der Waals surface area contributed by atoms with Crippen molar-refractivity contribution in [2.45, 2.75) is 26.3 Å². The summed E-state index contributed by atoms with van der Waals surface area (Å²) < 4.78 is 4.61. The van der Waals surface area contributed by atoms with Gasteiger partial charge in [-0.15, -0.1) is 0 Å². The molecule has 0 fully saturated rings. The quantitative estimate of drug-likeness (QED) is 0.814. The number of carbonyl (C=O) groups excluding carboxylic acids is 3. The zero-order valence-corrected chi connectivity index (χ0v) is 11.9. The van der Waals surface area contributed by atoms with Crippen molar-refractivity contribution in [1.29, 1.82) is 0 Å². The third-order valence-corrected chi connectivity index (χ3v) is 2.59. The number of hydrogen-bond donors (Lipinski definition) is 2. The van der Waals surface area contributed by atoms with E-state index in [0.717, 1.165) is 0 Å². The summed E-state index contributed by atoms with van der Waals surface area (Å²) in [6.07, 6.45) is 0. The van der Waals surface area contributed by atoms with E-state index in [4.69, 9.17) is 0 Å². The van der Waals surface area contributed by atoms with Gasteiger partial charge in [-0.2, -0.15) is 0 Å². The number of methoxy groups -OCH3 is 1. The smallest absolute Gasteiger partial charge is 0.330 e. The van der Waals surface area contributed by atoms with Crippen LogP contribution in [-0.2, 0) is 14.3 Å². The molecular weight excluding hydrogens is 260 g/mol. The summed E-state index contributed by atoms with van der Waals surface area (Å²) in [5, 5.41) is 5.18. The van der Waals surface area contributed by atoms with Gasteiger partial charge in [-0.05, 0) is 38.1 Å². The monoisotopic (exact) mass is 278 g/mol. The Bertz CT molecular complexity index is 520. The van der Waals surface area contributed by atoms with E-state index >= 15 is 0 Å². The lowest BCUT2D eigenvalue weighted by atomic mass is 10.0. The van der Waals surface area contributed by atoms with E-state index < -0.39 is 17.4 Å². The second-order valence-corrected chi connectivity index (χ2v) is 4.83. The van der Waals surface area contributed by atoms with Crippen molar-refractivity contribution in [1.82, 2.24) is 5.32 Å². The Morgan fingerprint density at radius 1 is 1.10 bits per heavy atom. The van der Waals surface area contributed by atoms with Gasteiger partial charge >= 0.3 is 5.97 Å². The first kappa shape index (κ1) is 15.7. The fourth-order valence-electron chi connectivity index (χ4n) is 1.57. The van der Waals surface area contributed by atoms with Gasteiger partial charge in [-0.3, -0.25) is 9.59 Å². The van der Waals surface area contributed by atoms with Crippen LogP contribution in [0.3, 0.4) is 0 Å². The normalized spacial score (nSPS) is 10.6. The molecule has 6 nitrogen and oxygen atoms in total. The molecule has 2 amide bonds. The van der Waals surface area contributed by atoms with Gasteiger partial charge in [-0.25, -0.2) is 4.79 Å². The fraction of sp³-hybridized carbons (Fsp3) is 0.357. The second-order valence-electron chi connectivity index (χ2n) is 4.83. The number of carbonyl (C=O) groups is 3. The van der Waals surface area contributed by atoms with Gasteiger partial charge in [-0.1, -0.05) is 0 Å². The highest BCUT2D eigenvalue weighted by molar-refractivity contribution is 5.98. The van der Waals surface area contributed by atoms with Crippen LogP contribution in [0.5, 0.6) is 0 Å². The van der Waals surface area contributed by atoms with Crippen LogP contribution in [0.15, 0.2) is 24.3 Å². The standard InChI is InChI=1S/C14H18N2O4/c1-9(17)15-11-7-5-10(6-8-11)12(18)16-14(2,3)13(19)20-4/h5-8H,1-4H3,(H,15,17)(H,16,18). The number of nitrogens with one attached hydrogen (secondary N) is 2. The molecule has 0 aromatic heterocycles. The van der Waals surface area contributed by atoms with Crippen LogP contribution in [0.25, 0.3) is 0 Å². The molecule has 1 aromatic rings. The molecule has 1 aromatic carbocycles. The molecule has 0 bridgehead atoms. The average molecular weight is 278 g/mol. The van der Waals surface area contributed by atoms with E-state index in [9.17, 15) is 14.4 Å². The van der Waals surface area contributed by atoms with Gasteiger partial charge in [0.1, 0.15) is 5.54 Å². The highest BCUT2D eigenvalue weighted by atomic mass is 16.5. The molecule has 6 heteroatoms. The van der Waals surface area contributed by atoms with E-state index in [-0.39, 0.29) is 5.91 Å². The predicted octanol–water partition coefficient (Wildman–Crippen LogP) is 1.33. The molecular formula is C14H18N2O4. The number of hydrogen-bond acceptors (Lipinski definition) is 4. The molecule has 0 atom stereocenters. The molecule has 0 aliphatic carbocycles. The van der Waals surface area contributed by atoms with Gasteiger partial charge in [0.05, 0.1) is 7.11 Å². The highest BCUT2D eigenvalue weighted by Crippen LogP contribution is 2.11. The number of ether oxygens (including phenoxy) is 1. The predicted molar refractivity (Wildman–Crippen MR) is 74.3 cm³/mol. The highest BCUT2D eigenvalue weighted by Gasteiger charge is 2.30. The van der Waals surface area contributed by atoms with Crippen molar-refractivity contribution in [3.63, 3.8) is 0 Å². The molecule has 1 rings (SSSR count). The van der Waals surface area contributed by atoms with E-state index in [1.807, 2.05) is 0 Å². The summed E-state index contributed by atoms with van der Waals surface area (Å²) in [6, 6.07) is 6.35.